The minimum absolute atomic E-state index is 0.0698. The molecule has 0 spiro atoms. The molecule has 2 aromatic carbocycles. The first-order valence-electron chi connectivity index (χ1n) is 9.99. The zero-order valence-electron chi connectivity index (χ0n) is 17.8. The SMILES string of the molecule is Cc1cc(Nc2ccc(C(F)(F)F)cc2)c2ccc(-c3ncc(C(=O)O)cc3C(F)(F)F)cc2n1. The number of benzene rings is 2. The quantitative estimate of drug-likeness (QED) is 0.298. The van der Waals surface area contributed by atoms with Crippen LogP contribution >= 0.6 is 0 Å². The van der Waals surface area contributed by atoms with Crippen LogP contribution in [0.3, 0.4) is 0 Å². The Balaban J connectivity index is 1.77. The fourth-order valence-corrected chi connectivity index (χ4v) is 3.54. The molecule has 0 radical (unpaired) electrons. The van der Waals surface area contributed by atoms with Gasteiger partial charge in [-0.3, -0.25) is 9.97 Å². The van der Waals surface area contributed by atoms with E-state index in [-0.39, 0.29) is 5.56 Å². The van der Waals surface area contributed by atoms with E-state index in [2.05, 4.69) is 15.3 Å². The average Bonchev–Trinajstić information content (AvgIpc) is 2.77. The van der Waals surface area contributed by atoms with Gasteiger partial charge in [-0.2, -0.15) is 26.3 Å². The van der Waals surface area contributed by atoms with Crippen LogP contribution in [-0.4, -0.2) is 21.0 Å². The first-order valence-corrected chi connectivity index (χ1v) is 9.99. The molecular formula is C24H15F6N3O2. The molecule has 2 aromatic heterocycles. The second-order valence-corrected chi connectivity index (χ2v) is 7.67. The molecule has 2 N–H and O–H groups in total. The van der Waals surface area contributed by atoms with E-state index in [0.29, 0.717) is 34.0 Å². The summed E-state index contributed by atoms with van der Waals surface area (Å²) >= 11 is 0. The summed E-state index contributed by atoms with van der Waals surface area (Å²) in [4.78, 5) is 19.2. The average molecular weight is 491 g/mol. The molecule has 0 fully saturated rings. The molecular weight excluding hydrogens is 476 g/mol. The van der Waals surface area contributed by atoms with Gasteiger partial charge in [0.05, 0.1) is 27.9 Å². The Morgan fingerprint density at radius 3 is 2.20 bits per heavy atom. The molecule has 0 aliphatic heterocycles. The highest BCUT2D eigenvalue weighted by molar-refractivity contribution is 5.96. The number of anilines is 2. The van der Waals surface area contributed by atoms with Crippen molar-refractivity contribution in [1.82, 2.24) is 9.97 Å². The molecule has 0 atom stereocenters. The number of nitrogens with one attached hydrogen (secondary N) is 1. The molecule has 0 bridgehead atoms. The van der Waals surface area contributed by atoms with E-state index < -0.39 is 40.7 Å². The number of alkyl halides is 6. The van der Waals surface area contributed by atoms with Crippen molar-refractivity contribution in [3.8, 4) is 11.3 Å². The highest BCUT2D eigenvalue weighted by Gasteiger charge is 2.35. The highest BCUT2D eigenvalue weighted by Crippen LogP contribution is 2.38. The summed E-state index contributed by atoms with van der Waals surface area (Å²) in [5.41, 5.74) is -1.30. The number of carboxylic acid groups (broad SMARTS) is 1. The Kier molecular flexibility index (Phi) is 5.87. The summed E-state index contributed by atoms with van der Waals surface area (Å²) in [6, 6.07) is 10.9. The van der Waals surface area contributed by atoms with E-state index in [1.807, 2.05) is 0 Å². The van der Waals surface area contributed by atoms with Crippen LogP contribution in [0, 0.1) is 6.92 Å². The monoisotopic (exact) mass is 491 g/mol. The van der Waals surface area contributed by atoms with Gasteiger partial charge in [0.2, 0.25) is 0 Å². The predicted molar refractivity (Wildman–Crippen MR) is 116 cm³/mol. The summed E-state index contributed by atoms with van der Waals surface area (Å²) in [5, 5.41) is 12.6. The first kappa shape index (κ1) is 24.0. The number of hydrogen-bond donors (Lipinski definition) is 2. The van der Waals surface area contributed by atoms with Crippen LogP contribution in [0.15, 0.2) is 60.8 Å². The molecule has 2 heterocycles. The van der Waals surface area contributed by atoms with Crippen molar-refractivity contribution in [1.29, 1.82) is 0 Å². The number of halogens is 6. The molecule has 11 heteroatoms. The van der Waals surface area contributed by atoms with E-state index >= 15 is 0 Å². The minimum atomic E-state index is -4.85. The van der Waals surface area contributed by atoms with Crippen LogP contribution in [0.5, 0.6) is 0 Å². The van der Waals surface area contributed by atoms with Crippen molar-refractivity contribution in [3.05, 3.63) is 83.2 Å². The number of carboxylic acids is 1. The number of carbonyl (C=O) groups is 1. The molecule has 180 valence electrons. The Hall–Kier alpha value is -4.15. The standard InChI is InChI=1S/C24H15F6N3O2/c1-12-8-19(33-16-5-3-15(4-6-16)23(25,26)27)17-7-2-13(10-20(17)32-12)21-18(24(28,29)30)9-14(11-31-21)22(34)35/h2-11H,1H3,(H,32,33)(H,34,35). The predicted octanol–water partition coefficient (Wildman–Crippen LogP) is 7.08. The fourth-order valence-electron chi connectivity index (χ4n) is 3.54. The fraction of sp³-hybridized carbons (Fsp3) is 0.125. The summed E-state index contributed by atoms with van der Waals surface area (Å²) in [5.74, 6) is -1.54. The maximum Gasteiger partial charge on any atom is 0.418 e. The van der Waals surface area contributed by atoms with Gasteiger partial charge in [-0.05, 0) is 49.4 Å². The molecule has 4 aromatic rings. The van der Waals surface area contributed by atoms with Crippen molar-refractivity contribution in [2.75, 3.05) is 5.32 Å². The van der Waals surface area contributed by atoms with Gasteiger partial charge in [0.1, 0.15) is 0 Å². The molecule has 0 saturated heterocycles. The lowest BCUT2D eigenvalue weighted by Gasteiger charge is -2.15. The number of fused-ring (bicyclic) bond motifs is 1. The number of aromatic carboxylic acids is 1. The van der Waals surface area contributed by atoms with Crippen molar-refractivity contribution in [3.63, 3.8) is 0 Å². The Morgan fingerprint density at radius 1 is 0.914 bits per heavy atom. The van der Waals surface area contributed by atoms with Crippen LogP contribution in [0.1, 0.15) is 27.2 Å². The van der Waals surface area contributed by atoms with E-state index in [0.717, 1.165) is 18.3 Å². The lowest BCUT2D eigenvalue weighted by molar-refractivity contribution is -0.138. The molecule has 4 rings (SSSR count). The molecule has 0 unspecified atom stereocenters. The Morgan fingerprint density at radius 2 is 1.60 bits per heavy atom. The van der Waals surface area contributed by atoms with Gasteiger partial charge in [0.25, 0.3) is 0 Å². The largest absolute Gasteiger partial charge is 0.478 e. The minimum Gasteiger partial charge on any atom is -0.478 e. The third kappa shape index (κ3) is 5.03. The van der Waals surface area contributed by atoms with Gasteiger partial charge in [-0.25, -0.2) is 4.79 Å². The highest BCUT2D eigenvalue weighted by atomic mass is 19.4. The zero-order valence-corrected chi connectivity index (χ0v) is 17.8. The summed E-state index contributed by atoms with van der Waals surface area (Å²) < 4.78 is 79.4. The summed E-state index contributed by atoms with van der Waals surface area (Å²) in [6.45, 7) is 1.66. The lowest BCUT2D eigenvalue weighted by atomic mass is 10.0. The first-order chi connectivity index (χ1) is 16.3. The van der Waals surface area contributed by atoms with Gasteiger partial charge in [-0.15, -0.1) is 0 Å². The number of nitrogens with zero attached hydrogens (tertiary/aromatic N) is 2. The number of pyridine rings is 2. The van der Waals surface area contributed by atoms with Crippen molar-refractivity contribution in [2.24, 2.45) is 0 Å². The van der Waals surface area contributed by atoms with Crippen LogP contribution in [0.4, 0.5) is 37.7 Å². The summed E-state index contributed by atoms with van der Waals surface area (Å²) in [6.07, 6.45) is -8.47. The van der Waals surface area contributed by atoms with Crippen molar-refractivity contribution in [2.45, 2.75) is 19.3 Å². The smallest absolute Gasteiger partial charge is 0.418 e. The van der Waals surface area contributed by atoms with Crippen LogP contribution in [-0.2, 0) is 12.4 Å². The Labute approximate surface area is 194 Å². The van der Waals surface area contributed by atoms with Gasteiger partial charge in [0, 0.05) is 34.2 Å². The number of aryl methyl sites for hydroxylation is 1. The van der Waals surface area contributed by atoms with Gasteiger partial charge < -0.3 is 10.4 Å². The number of aromatic nitrogens is 2. The molecule has 0 amide bonds. The Bertz CT molecular complexity index is 1430. The number of hydrogen-bond acceptors (Lipinski definition) is 4. The van der Waals surface area contributed by atoms with Crippen molar-refractivity contribution < 1.29 is 36.2 Å². The molecule has 0 aliphatic rings. The summed E-state index contributed by atoms with van der Waals surface area (Å²) in [7, 11) is 0. The van der Waals surface area contributed by atoms with E-state index in [1.165, 1.54) is 30.3 Å². The van der Waals surface area contributed by atoms with Gasteiger partial charge in [-0.1, -0.05) is 12.1 Å². The van der Waals surface area contributed by atoms with E-state index in [9.17, 15) is 31.1 Å². The van der Waals surface area contributed by atoms with Crippen LogP contribution < -0.4 is 5.32 Å². The second-order valence-electron chi connectivity index (χ2n) is 7.67. The van der Waals surface area contributed by atoms with Crippen LogP contribution in [0.25, 0.3) is 22.2 Å². The maximum absolute atomic E-state index is 13.6. The lowest BCUT2D eigenvalue weighted by Crippen LogP contribution is -2.11. The van der Waals surface area contributed by atoms with E-state index in [1.54, 1.807) is 13.0 Å². The third-order valence-electron chi connectivity index (χ3n) is 5.14. The number of rotatable bonds is 4. The maximum atomic E-state index is 13.6. The third-order valence-corrected chi connectivity index (χ3v) is 5.14. The molecule has 0 aliphatic carbocycles. The van der Waals surface area contributed by atoms with Gasteiger partial charge >= 0.3 is 18.3 Å². The molecule has 0 saturated carbocycles. The molecule has 5 nitrogen and oxygen atoms in total. The van der Waals surface area contributed by atoms with Crippen LogP contribution in [0.2, 0.25) is 0 Å². The van der Waals surface area contributed by atoms with Crippen molar-refractivity contribution >= 4 is 28.2 Å². The molecule has 35 heavy (non-hydrogen) atoms. The van der Waals surface area contributed by atoms with Gasteiger partial charge in [0.15, 0.2) is 0 Å². The zero-order chi connectivity index (χ0) is 25.5. The van der Waals surface area contributed by atoms with E-state index in [4.69, 9.17) is 5.11 Å². The topological polar surface area (TPSA) is 75.1 Å². The second kappa shape index (κ2) is 8.57. The normalized spacial score (nSPS) is 12.1.